The van der Waals surface area contributed by atoms with Crippen LogP contribution in [0.25, 0.3) is 0 Å². The van der Waals surface area contributed by atoms with Gasteiger partial charge in [-0.15, -0.1) is 0 Å². The number of phenols is 3. The summed E-state index contributed by atoms with van der Waals surface area (Å²) < 4.78 is 0. The zero-order valence-electron chi connectivity index (χ0n) is 41.4. The standard InChI is InChI=1S/C63H78O3/c1-34-7-49(58(64)55(10-34)61-25-40-13-41(26-61)15-42(14-40)27-61)22-52-37(4)53(23-50-8-35(2)11-56(59(50)65)62-28-43-16-44(29-62)18-45(17-43)30-62)39(6)54(38(52)5)24-51-9-36(3)12-57(60(51)66)63-31-46-19-47(32-63)21-48(20-46)33-63/h7-12,40-48,64-66H,13-33H2,1-6H3. The average Bonchev–Trinajstić information content (AvgIpc) is 3.24. The van der Waals surface area contributed by atoms with E-state index in [4.69, 9.17) is 0 Å². The topological polar surface area (TPSA) is 60.7 Å². The van der Waals surface area contributed by atoms with Crippen molar-refractivity contribution in [3.05, 3.63) is 120 Å². The van der Waals surface area contributed by atoms with Gasteiger partial charge in [-0.05, 0) is 277 Å². The molecule has 12 saturated carbocycles. The molecule has 4 aromatic carbocycles. The average molecular weight is 883 g/mol. The molecule has 12 aliphatic carbocycles. The molecule has 12 fully saturated rings. The van der Waals surface area contributed by atoms with Crippen LogP contribution in [-0.2, 0) is 35.5 Å². The lowest BCUT2D eigenvalue weighted by molar-refractivity contribution is -0.00635. The number of phenolic OH excluding ortho intramolecular Hbond substituents is 3. The summed E-state index contributed by atoms with van der Waals surface area (Å²) >= 11 is 0. The highest BCUT2D eigenvalue weighted by atomic mass is 16.3. The molecule has 0 aromatic heterocycles. The lowest BCUT2D eigenvalue weighted by Crippen LogP contribution is -2.48. The molecule has 4 aromatic rings. The van der Waals surface area contributed by atoms with E-state index in [-0.39, 0.29) is 16.2 Å². The van der Waals surface area contributed by atoms with Crippen molar-refractivity contribution in [2.45, 2.75) is 193 Å². The van der Waals surface area contributed by atoms with E-state index >= 15 is 0 Å². The minimum absolute atomic E-state index is 0.113. The summed E-state index contributed by atoms with van der Waals surface area (Å²) in [6, 6.07) is 13.9. The summed E-state index contributed by atoms with van der Waals surface area (Å²) in [5, 5.41) is 37.9. The predicted molar refractivity (Wildman–Crippen MR) is 267 cm³/mol. The number of benzene rings is 4. The van der Waals surface area contributed by atoms with Crippen LogP contribution in [0.15, 0.2) is 36.4 Å². The molecule has 0 saturated heterocycles. The molecule has 0 aliphatic heterocycles. The zero-order chi connectivity index (χ0) is 45.2. The van der Waals surface area contributed by atoms with Gasteiger partial charge in [0.2, 0.25) is 0 Å². The minimum Gasteiger partial charge on any atom is -0.507 e. The van der Waals surface area contributed by atoms with Crippen LogP contribution < -0.4 is 0 Å². The molecule has 348 valence electrons. The van der Waals surface area contributed by atoms with E-state index in [9.17, 15) is 15.3 Å². The molecular weight excluding hydrogens is 805 g/mol. The maximum absolute atomic E-state index is 12.6. The minimum atomic E-state index is 0.113. The van der Waals surface area contributed by atoms with E-state index in [1.54, 1.807) is 0 Å². The molecule has 0 unspecified atom stereocenters. The quantitative estimate of drug-likeness (QED) is 0.157. The van der Waals surface area contributed by atoms with Gasteiger partial charge in [-0.25, -0.2) is 0 Å². The molecular formula is C63H78O3. The van der Waals surface area contributed by atoms with Gasteiger partial charge in [-0.3, -0.25) is 0 Å². The summed E-state index contributed by atoms with van der Waals surface area (Å²) in [5.74, 6) is 8.99. The SMILES string of the molecule is Cc1cc(Cc2c(C)c(Cc3cc(C)cc(C45CC6CC(CC(C6)C4)C5)c3O)c(C)c(Cc3cc(C)cc(C45CC6CC(CC(C6)C4)C5)c3O)c2C)c(O)c(C23CC4CC(CC(C4)C2)C3)c1. The number of aromatic hydroxyl groups is 3. The van der Waals surface area contributed by atoms with E-state index in [1.807, 2.05) is 0 Å². The Bertz CT molecular complexity index is 2260. The van der Waals surface area contributed by atoms with Crippen molar-refractivity contribution in [3.63, 3.8) is 0 Å². The van der Waals surface area contributed by atoms with Crippen molar-refractivity contribution >= 4 is 0 Å². The van der Waals surface area contributed by atoms with Crippen molar-refractivity contribution in [1.82, 2.24) is 0 Å². The van der Waals surface area contributed by atoms with Gasteiger partial charge in [-0.1, -0.05) is 53.1 Å². The second kappa shape index (κ2) is 14.9. The molecule has 0 radical (unpaired) electrons. The first kappa shape index (κ1) is 42.4. The monoisotopic (exact) mass is 883 g/mol. The number of hydrogen-bond donors (Lipinski definition) is 3. The molecule has 0 heterocycles. The Morgan fingerprint density at radius 2 is 0.530 bits per heavy atom. The van der Waals surface area contributed by atoms with E-state index in [1.165, 1.54) is 182 Å². The van der Waals surface area contributed by atoms with Crippen molar-refractivity contribution in [2.24, 2.45) is 53.3 Å². The Hall–Kier alpha value is -3.72. The fourth-order valence-electron chi connectivity index (χ4n) is 20.3. The fourth-order valence-corrected chi connectivity index (χ4v) is 20.3. The first-order valence-corrected chi connectivity index (χ1v) is 27.2. The normalized spacial score (nSPS) is 36.5. The summed E-state index contributed by atoms with van der Waals surface area (Å²) in [5.41, 5.74) is 18.9. The number of hydrogen-bond acceptors (Lipinski definition) is 3. The third-order valence-electron chi connectivity index (χ3n) is 21.6. The van der Waals surface area contributed by atoms with Gasteiger partial charge in [-0.2, -0.15) is 0 Å². The van der Waals surface area contributed by atoms with E-state index in [0.717, 1.165) is 70.0 Å². The summed E-state index contributed by atoms with van der Waals surface area (Å²) in [4.78, 5) is 0. The molecule has 0 atom stereocenters. The van der Waals surface area contributed by atoms with Gasteiger partial charge in [0.15, 0.2) is 0 Å². The third-order valence-corrected chi connectivity index (χ3v) is 21.6. The molecule has 66 heavy (non-hydrogen) atoms. The lowest BCUT2D eigenvalue weighted by atomic mass is 9.48. The lowest BCUT2D eigenvalue weighted by Gasteiger charge is -2.57. The van der Waals surface area contributed by atoms with E-state index in [2.05, 4.69) is 77.9 Å². The molecule has 12 aliphatic rings. The number of rotatable bonds is 9. The van der Waals surface area contributed by atoms with Crippen LogP contribution in [-0.4, -0.2) is 15.3 Å². The molecule has 0 spiro atoms. The maximum atomic E-state index is 12.6. The van der Waals surface area contributed by atoms with Crippen LogP contribution in [0.5, 0.6) is 17.2 Å². The zero-order valence-corrected chi connectivity index (χ0v) is 41.4. The van der Waals surface area contributed by atoms with Crippen molar-refractivity contribution in [3.8, 4) is 17.2 Å². The first-order valence-electron chi connectivity index (χ1n) is 27.2. The van der Waals surface area contributed by atoms with Gasteiger partial charge in [0.25, 0.3) is 0 Å². The van der Waals surface area contributed by atoms with Crippen LogP contribution in [0.4, 0.5) is 0 Å². The molecule has 3 N–H and O–H groups in total. The maximum Gasteiger partial charge on any atom is 0.122 e. The summed E-state index contributed by atoms with van der Waals surface area (Å²) in [7, 11) is 0. The summed E-state index contributed by atoms with van der Waals surface area (Å²) in [6.07, 6.45) is 25.8. The molecule has 3 heteroatoms. The van der Waals surface area contributed by atoms with Gasteiger partial charge in [0, 0.05) is 36.0 Å². The van der Waals surface area contributed by atoms with Gasteiger partial charge >= 0.3 is 0 Å². The summed E-state index contributed by atoms with van der Waals surface area (Å²) in [6.45, 7) is 13.8. The van der Waals surface area contributed by atoms with Crippen molar-refractivity contribution in [1.29, 1.82) is 0 Å². The van der Waals surface area contributed by atoms with E-state index < -0.39 is 0 Å². The first-order chi connectivity index (χ1) is 31.6. The molecule has 0 amide bonds. The second-order valence-corrected chi connectivity index (χ2v) is 26.4. The highest BCUT2D eigenvalue weighted by molar-refractivity contribution is 5.60. The molecule has 16 rings (SSSR count). The largest absolute Gasteiger partial charge is 0.507 e. The third kappa shape index (κ3) is 6.59. The van der Waals surface area contributed by atoms with Crippen molar-refractivity contribution < 1.29 is 15.3 Å². The Balaban J connectivity index is 0.929. The molecule has 12 bridgehead atoms. The van der Waals surface area contributed by atoms with Crippen LogP contribution >= 0.6 is 0 Å². The van der Waals surface area contributed by atoms with E-state index in [0.29, 0.717) is 36.5 Å². The highest BCUT2D eigenvalue weighted by Crippen LogP contribution is 2.65. The Labute approximate surface area is 396 Å². The Morgan fingerprint density at radius 1 is 0.333 bits per heavy atom. The van der Waals surface area contributed by atoms with Crippen LogP contribution in [0, 0.1) is 94.8 Å². The molecule has 3 nitrogen and oxygen atoms in total. The van der Waals surface area contributed by atoms with Gasteiger partial charge in [0.1, 0.15) is 17.2 Å². The van der Waals surface area contributed by atoms with Crippen LogP contribution in [0.2, 0.25) is 0 Å². The van der Waals surface area contributed by atoms with Gasteiger partial charge < -0.3 is 15.3 Å². The Morgan fingerprint density at radius 3 is 0.727 bits per heavy atom. The second-order valence-electron chi connectivity index (χ2n) is 26.4. The predicted octanol–water partition coefficient (Wildman–Crippen LogP) is 14.8. The van der Waals surface area contributed by atoms with Gasteiger partial charge in [0.05, 0.1) is 0 Å². The number of aryl methyl sites for hydroxylation is 3. The fraction of sp³-hybridized carbons (Fsp3) is 0.619. The smallest absolute Gasteiger partial charge is 0.122 e. The highest BCUT2D eigenvalue weighted by Gasteiger charge is 2.55. The Kier molecular flexibility index (Phi) is 9.56. The van der Waals surface area contributed by atoms with Crippen LogP contribution in [0.3, 0.4) is 0 Å². The van der Waals surface area contributed by atoms with Crippen LogP contribution in [0.1, 0.15) is 199 Å². The van der Waals surface area contributed by atoms with Crippen molar-refractivity contribution in [2.75, 3.05) is 0 Å².